The highest BCUT2D eigenvalue weighted by Gasteiger charge is 2.38. The Kier molecular flexibility index (Phi) is 9.54. The van der Waals surface area contributed by atoms with Gasteiger partial charge >= 0.3 is 0 Å². The average molecular weight is 987 g/mol. The van der Waals surface area contributed by atoms with Crippen LogP contribution < -0.4 is 0 Å². The number of aromatic nitrogens is 2. The molecule has 12 aromatic rings. The lowest BCUT2D eigenvalue weighted by Crippen LogP contribution is -2.15. The van der Waals surface area contributed by atoms with Crippen LogP contribution in [0.15, 0.2) is 180 Å². The van der Waals surface area contributed by atoms with Crippen molar-refractivity contribution < 1.29 is 4.42 Å². The Morgan fingerprint density at radius 3 is 1.44 bits per heavy atom. The maximum atomic E-state index is 11.1. The van der Waals surface area contributed by atoms with Gasteiger partial charge in [-0.1, -0.05) is 118 Å². The van der Waals surface area contributed by atoms with Crippen molar-refractivity contribution in [2.45, 2.75) is 52.4 Å². The van der Waals surface area contributed by atoms with E-state index >= 15 is 0 Å². The summed E-state index contributed by atoms with van der Waals surface area (Å²) in [4.78, 5) is 0. The van der Waals surface area contributed by atoms with Gasteiger partial charge in [0.15, 0.2) is 0 Å². The number of furan rings is 1. The summed E-state index contributed by atoms with van der Waals surface area (Å²) in [6.45, 7) is 13.4. The van der Waals surface area contributed by atoms with Crippen LogP contribution in [0.2, 0.25) is 0 Å². The highest BCUT2D eigenvalue weighted by molar-refractivity contribution is 6.15. The summed E-state index contributed by atoms with van der Waals surface area (Å²) in [7, 11) is 0. The second kappa shape index (κ2) is 16.2. The number of nitriles is 4. The van der Waals surface area contributed by atoms with Gasteiger partial charge in [-0.25, -0.2) is 0 Å². The van der Waals surface area contributed by atoms with Gasteiger partial charge in [0.05, 0.1) is 67.8 Å². The third-order valence-electron chi connectivity index (χ3n) is 17.1. The molecule has 0 bridgehead atoms. The van der Waals surface area contributed by atoms with Crippen LogP contribution in [0.5, 0.6) is 0 Å². The Balaban J connectivity index is 0.997. The van der Waals surface area contributed by atoms with E-state index in [4.69, 9.17) is 4.42 Å². The summed E-state index contributed by atoms with van der Waals surface area (Å²) in [5, 5.41) is 49.1. The predicted molar refractivity (Wildman–Crippen MR) is 310 cm³/mol. The van der Waals surface area contributed by atoms with Crippen molar-refractivity contribution in [1.82, 2.24) is 9.13 Å². The maximum absolute atomic E-state index is 11.1. The van der Waals surface area contributed by atoms with Crippen LogP contribution in [0.3, 0.4) is 0 Å². The van der Waals surface area contributed by atoms with E-state index in [-0.39, 0.29) is 10.8 Å². The van der Waals surface area contributed by atoms with Crippen molar-refractivity contribution in [3.63, 3.8) is 0 Å². The largest absolute Gasteiger partial charge is 0.456 e. The van der Waals surface area contributed by atoms with E-state index in [2.05, 4.69) is 184 Å². The fourth-order valence-corrected chi connectivity index (χ4v) is 13.1. The van der Waals surface area contributed by atoms with Crippen molar-refractivity contribution >= 4 is 71.1 Å². The molecule has 2 aliphatic carbocycles. The molecule has 0 amide bonds. The molecule has 3 aromatic heterocycles. The normalized spacial score (nSPS) is 14.2. The Morgan fingerprint density at radius 2 is 0.922 bits per heavy atom. The lowest BCUT2D eigenvalue weighted by Gasteiger charge is -2.23. The zero-order valence-electron chi connectivity index (χ0n) is 43.3. The number of allylic oxidation sites excluding steroid dienone is 4. The topological polar surface area (TPSA) is 118 Å². The van der Waals surface area contributed by atoms with Crippen LogP contribution >= 0.6 is 0 Å². The number of para-hydroxylation sites is 2. The monoisotopic (exact) mass is 986 g/mol. The molecule has 0 aliphatic heterocycles. The van der Waals surface area contributed by atoms with E-state index in [1.165, 1.54) is 44.5 Å². The number of rotatable bonds is 5. The molecule has 9 aromatic carbocycles. The summed E-state index contributed by atoms with van der Waals surface area (Å²) in [6.07, 6.45) is 4.31. The highest BCUT2D eigenvalue weighted by atomic mass is 16.3. The Labute approximate surface area is 444 Å². The van der Waals surface area contributed by atoms with Gasteiger partial charge in [-0.05, 0) is 149 Å². The van der Waals surface area contributed by atoms with Crippen LogP contribution in [0.25, 0.3) is 116 Å². The number of hydrogen-bond acceptors (Lipinski definition) is 5. The minimum atomic E-state index is -0.264. The summed E-state index contributed by atoms with van der Waals surface area (Å²) in [5.41, 5.74) is 20.5. The molecule has 2 aliphatic rings. The van der Waals surface area contributed by atoms with Crippen LogP contribution in [0.1, 0.15) is 86.1 Å². The molecule has 0 spiro atoms. The predicted octanol–water partition coefficient (Wildman–Crippen LogP) is 17.5. The molecule has 362 valence electrons. The molecular formula is C70H46N6O. The Hall–Kier alpha value is -10.2. The molecule has 77 heavy (non-hydrogen) atoms. The first kappa shape index (κ1) is 45.4. The Bertz CT molecular complexity index is 4940. The summed E-state index contributed by atoms with van der Waals surface area (Å²) >= 11 is 0. The van der Waals surface area contributed by atoms with Crippen molar-refractivity contribution in [1.29, 1.82) is 21.0 Å². The zero-order valence-corrected chi connectivity index (χ0v) is 43.3. The minimum absolute atomic E-state index is 0.238. The van der Waals surface area contributed by atoms with E-state index in [0.29, 0.717) is 44.8 Å². The fourth-order valence-electron chi connectivity index (χ4n) is 13.1. The van der Waals surface area contributed by atoms with E-state index in [1.807, 2.05) is 48.5 Å². The number of nitrogens with zero attached hydrogens (tertiary/aromatic N) is 6. The first-order valence-corrected chi connectivity index (χ1v) is 25.9. The molecule has 0 N–H and O–H groups in total. The van der Waals surface area contributed by atoms with Crippen molar-refractivity contribution in [2.75, 3.05) is 0 Å². The van der Waals surface area contributed by atoms with Gasteiger partial charge in [0.25, 0.3) is 0 Å². The van der Waals surface area contributed by atoms with E-state index in [0.717, 1.165) is 76.6 Å². The Morgan fingerprint density at radius 1 is 0.429 bits per heavy atom. The first-order chi connectivity index (χ1) is 37.4. The number of hydrogen-bond donors (Lipinski definition) is 0. The lowest BCUT2D eigenvalue weighted by atomic mass is 9.81. The van der Waals surface area contributed by atoms with Gasteiger partial charge in [-0.15, -0.1) is 0 Å². The molecule has 0 fully saturated rings. The molecule has 0 saturated heterocycles. The molecule has 7 nitrogen and oxygen atoms in total. The second-order valence-electron chi connectivity index (χ2n) is 21.7. The summed E-state index contributed by atoms with van der Waals surface area (Å²) < 4.78 is 11.0. The molecule has 7 heteroatoms. The molecule has 0 unspecified atom stereocenters. The van der Waals surface area contributed by atoms with Gasteiger partial charge in [0.1, 0.15) is 23.3 Å². The van der Waals surface area contributed by atoms with Crippen molar-refractivity contribution in [2.24, 2.45) is 0 Å². The quantitative estimate of drug-likeness (QED) is 0.170. The molecule has 0 radical (unpaired) electrons. The molecular weight excluding hydrogens is 941 g/mol. The number of benzene rings is 9. The van der Waals surface area contributed by atoms with Gasteiger partial charge in [-0.2, -0.15) is 21.0 Å². The van der Waals surface area contributed by atoms with Crippen LogP contribution in [0, 0.1) is 45.3 Å². The summed E-state index contributed by atoms with van der Waals surface area (Å²) in [6, 6.07) is 63.6. The third kappa shape index (κ3) is 6.21. The summed E-state index contributed by atoms with van der Waals surface area (Å²) in [5.74, 6) is 0. The van der Waals surface area contributed by atoms with Crippen LogP contribution in [-0.2, 0) is 10.8 Å². The third-order valence-corrected chi connectivity index (χ3v) is 17.1. The molecule has 14 rings (SSSR count). The van der Waals surface area contributed by atoms with Gasteiger partial charge in [-0.3, -0.25) is 0 Å². The maximum Gasteiger partial charge on any atom is 0.135 e. The lowest BCUT2D eigenvalue weighted by molar-refractivity contribution is 0.640. The fraction of sp³-hybridized carbons (Fsp3) is 0.114. The van der Waals surface area contributed by atoms with Crippen molar-refractivity contribution in [3.05, 3.63) is 220 Å². The molecule has 0 atom stereocenters. The highest BCUT2D eigenvalue weighted by Crippen LogP contribution is 2.53. The average Bonchev–Trinajstić information content (AvgIpc) is 4.22. The van der Waals surface area contributed by atoms with Gasteiger partial charge in [0.2, 0.25) is 0 Å². The van der Waals surface area contributed by atoms with Crippen LogP contribution in [-0.4, -0.2) is 9.13 Å². The molecule has 0 saturated carbocycles. The SMILES string of the molecule is C/C=C\C1=C(C)C(C)(C)c2cc3c(cc21)c1ccccc1n3-c1c(C#N)cc(C#N)cc1-c1ccc2oc3ccc(-c4cc(C#N)cc(C#N)c4-n4c5ccccc5c5cc6c(cc54)C(C)(C)c4ccccc4-6)cc3c2c1. The smallest absolute Gasteiger partial charge is 0.135 e. The van der Waals surface area contributed by atoms with E-state index in [1.54, 1.807) is 12.1 Å². The first-order valence-electron chi connectivity index (χ1n) is 25.9. The second-order valence-corrected chi connectivity index (χ2v) is 21.7. The van der Waals surface area contributed by atoms with Gasteiger partial charge in [0, 0.05) is 54.3 Å². The van der Waals surface area contributed by atoms with E-state index in [9.17, 15) is 21.0 Å². The standard InChI is InChI=1S/C70H46N6O/c1-7-14-46-39(2)69(3,4)59-33-63-54(31-52(46)59)48-16-9-12-19-61(48)75(63)67-44(37-73)25-40(35-71)27-50(67)42-21-23-65-56(29-42)57-30-43(22-24-66(57)77-65)51-28-41(36-72)26-45(38-74)68(51)76-62-20-13-10-17-49(62)55-32-53-47-15-8-11-18-58(47)70(5,6)60(53)34-64(55)76/h7-34H,1-6H3/b14-7-. The number of fused-ring (bicyclic) bond motifs is 13. The molecule has 3 heterocycles. The van der Waals surface area contributed by atoms with E-state index < -0.39 is 0 Å². The van der Waals surface area contributed by atoms with Gasteiger partial charge < -0.3 is 13.6 Å². The minimum Gasteiger partial charge on any atom is -0.456 e. The van der Waals surface area contributed by atoms with Crippen molar-refractivity contribution in [3.8, 4) is 69.0 Å². The zero-order chi connectivity index (χ0) is 52.8. The van der Waals surface area contributed by atoms with Crippen LogP contribution in [0.4, 0.5) is 0 Å².